The van der Waals surface area contributed by atoms with E-state index in [-0.39, 0.29) is 0 Å². The molecule has 0 bridgehead atoms. The summed E-state index contributed by atoms with van der Waals surface area (Å²) in [4.78, 5) is 13.0. The fourth-order valence-corrected chi connectivity index (χ4v) is 2.20. The third-order valence-corrected chi connectivity index (χ3v) is 3.26. The number of nitrogens with zero attached hydrogens (tertiary/aromatic N) is 6. The minimum Gasteiger partial charge on any atom is -0.460 e. The fourth-order valence-electron chi connectivity index (χ4n) is 2.20. The largest absolute Gasteiger partial charge is 0.460 e. The maximum absolute atomic E-state index is 5.55. The highest BCUT2D eigenvalue weighted by Gasteiger charge is 2.08. The number of aromatic nitrogens is 6. The molecule has 0 unspecified atom stereocenters. The number of anilines is 1. The average molecular weight is 307 g/mol. The predicted octanol–water partition coefficient (Wildman–Crippen LogP) is 2.09. The molecule has 4 heterocycles. The normalized spacial score (nSPS) is 11.0. The second kappa shape index (κ2) is 5.48. The molecule has 8 nitrogen and oxygen atoms in total. The Morgan fingerprint density at radius 3 is 3.04 bits per heavy atom. The van der Waals surface area contributed by atoms with Crippen LogP contribution in [-0.4, -0.2) is 29.5 Å². The van der Waals surface area contributed by atoms with E-state index in [0.29, 0.717) is 29.7 Å². The number of hydrogen-bond acceptors (Lipinski definition) is 7. The van der Waals surface area contributed by atoms with E-state index < -0.39 is 0 Å². The van der Waals surface area contributed by atoms with Gasteiger partial charge in [-0.1, -0.05) is 0 Å². The van der Waals surface area contributed by atoms with E-state index in [2.05, 4.69) is 30.5 Å². The molecule has 4 rings (SSSR count). The quantitative estimate of drug-likeness (QED) is 0.617. The Morgan fingerprint density at radius 1 is 1.26 bits per heavy atom. The van der Waals surface area contributed by atoms with Crippen molar-refractivity contribution >= 4 is 11.7 Å². The van der Waals surface area contributed by atoms with Gasteiger partial charge >= 0.3 is 0 Å². The van der Waals surface area contributed by atoms with Crippen LogP contribution in [0.4, 0.5) is 5.95 Å². The lowest BCUT2D eigenvalue weighted by Crippen LogP contribution is -2.05. The molecule has 4 aromatic rings. The Kier molecular flexibility index (Phi) is 3.19. The Labute approximate surface area is 131 Å². The molecular weight excluding hydrogens is 294 g/mol. The van der Waals surface area contributed by atoms with E-state index in [0.717, 1.165) is 11.5 Å². The molecule has 0 amide bonds. The number of nitrogens with one attached hydrogen (secondary N) is 1. The van der Waals surface area contributed by atoms with Crippen molar-refractivity contribution in [2.45, 2.75) is 13.5 Å². The maximum Gasteiger partial charge on any atom is 0.243 e. The Bertz CT molecular complexity index is 926. The van der Waals surface area contributed by atoms with Gasteiger partial charge in [0.25, 0.3) is 0 Å². The molecule has 0 aliphatic carbocycles. The van der Waals surface area contributed by atoms with E-state index in [4.69, 9.17) is 4.42 Å². The number of furan rings is 1. The van der Waals surface area contributed by atoms with Crippen LogP contribution in [0.1, 0.15) is 11.5 Å². The number of rotatable bonds is 4. The van der Waals surface area contributed by atoms with E-state index in [9.17, 15) is 0 Å². The molecular formula is C15H13N7O. The van der Waals surface area contributed by atoms with Crippen LogP contribution in [0.5, 0.6) is 0 Å². The summed E-state index contributed by atoms with van der Waals surface area (Å²) in [5.41, 5.74) is 1.47. The molecule has 0 saturated carbocycles. The van der Waals surface area contributed by atoms with Crippen molar-refractivity contribution in [3.05, 3.63) is 54.4 Å². The summed E-state index contributed by atoms with van der Waals surface area (Å²) in [7, 11) is 0. The number of aryl methyl sites for hydroxylation is 1. The summed E-state index contributed by atoms with van der Waals surface area (Å²) in [5, 5.41) is 11.0. The standard InChI is InChI=1S/C15H13N7O/c1-10-3-4-13(23-10)12-8-18-21-14(20-12)17-7-11-9-22-6-2-5-16-15(22)19-11/h2-6,8-9H,7H2,1H3,(H,17,20,21). The lowest BCUT2D eigenvalue weighted by molar-refractivity contribution is 0.545. The van der Waals surface area contributed by atoms with Gasteiger partial charge in [-0.2, -0.15) is 5.10 Å². The summed E-state index contributed by atoms with van der Waals surface area (Å²) >= 11 is 0. The van der Waals surface area contributed by atoms with Crippen LogP contribution in [0.25, 0.3) is 17.2 Å². The van der Waals surface area contributed by atoms with Crippen molar-refractivity contribution < 1.29 is 4.42 Å². The Morgan fingerprint density at radius 2 is 2.22 bits per heavy atom. The van der Waals surface area contributed by atoms with Crippen molar-refractivity contribution in [3.8, 4) is 11.5 Å². The van der Waals surface area contributed by atoms with Crippen LogP contribution < -0.4 is 5.32 Å². The zero-order valence-corrected chi connectivity index (χ0v) is 12.3. The molecule has 0 fully saturated rings. The van der Waals surface area contributed by atoms with Crippen molar-refractivity contribution in [1.82, 2.24) is 29.5 Å². The van der Waals surface area contributed by atoms with Crippen LogP contribution in [0.15, 0.2) is 47.4 Å². The van der Waals surface area contributed by atoms with E-state index in [1.807, 2.05) is 41.9 Å². The molecule has 0 spiro atoms. The minimum absolute atomic E-state index is 0.418. The third-order valence-electron chi connectivity index (χ3n) is 3.26. The molecule has 0 aliphatic rings. The molecule has 0 radical (unpaired) electrons. The third kappa shape index (κ3) is 2.73. The summed E-state index contributed by atoms with van der Waals surface area (Å²) in [6, 6.07) is 5.60. The van der Waals surface area contributed by atoms with E-state index >= 15 is 0 Å². The van der Waals surface area contributed by atoms with Gasteiger partial charge in [-0.25, -0.2) is 15.0 Å². The summed E-state index contributed by atoms with van der Waals surface area (Å²) in [6.07, 6.45) is 7.08. The van der Waals surface area contributed by atoms with Crippen LogP contribution in [0, 0.1) is 6.92 Å². The van der Waals surface area contributed by atoms with E-state index in [1.165, 1.54) is 0 Å². The first-order valence-corrected chi connectivity index (χ1v) is 7.07. The molecule has 0 atom stereocenters. The molecule has 8 heteroatoms. The van der Waals surface area contributed by atoms with Crippen molar-refractivity contribution in [2.75, 3.05) is 5.32 Å². The highest BCUT2D eigenvalue weighted by Crippen LogP contribution is 2.19. The lowest BCUT2D eigenvalue weighted by atomic mass is 10.3. The van der Waals surface area contributed by atoms with Gasteiger partial charge < -0.3 is 9.73 Å². The number of imidazole rings is 1. The molecule has 114 valence electrons. The SMILES string of the molecule is Cc1ccc(-c2cnnc(NCc3cn4cccnc4n3)n2)o1. The van der Waals surface area contributed by atoms with Gasteiger partial charge in [-0.05, 0) is 25.1 Å². The first-order valence-electron chi connectivity index (χ1n) is 7.07. The second-order valence-electron chi connectivity index (χ2n) is 4.99. The molecule has 0 aliphatic heterocycles. The molecule has 4 aromatic heterocycles. The monoisotopic (exact) mass is 307 g/mol. The molecule has 1 N–H and O–H groups in total. The number of fused-ring (bicyclic) bond motifs is 1. The zero-order chi connectivity index (χ0) is 15.6. The van der Waals surface area contributed by atoms with Crippen molar-refractivity contribution in [2.24, 2.45) is 0 Å². The summed E-state index contributed by atoms with van der Waals surface area (Å²) < 4.78 is 7.40. The van der Waals surface area contributed by atoms with Gasteiger partial charge in [0.1, 0.15) is 11.5 Å². The van der Waals surface area contributed by atoms with Crippen molar-refractivity contribution in [1.29, 1.82) is 0 Å². The highest BCUT2D eigenvalue weighted by atomic mass is 16.3. The van der Waals surface area contributed by atoms with Crippen LogP contribution in [0.3, 0.4) is 0 Å². The van der Waals surface area contributed by atoms with Gasteiger partial charge in [0.15, 0.2) is 5.76 Å². The second-order valence-corrected chi connectivity index (χ2v) is 4.99. The van der Waals surface area contributed by atoms with Gasteiger partial charge in [-0.3, -0.25) is 4.40 Å². The Balaban J connectivity index is 1.52. The highest BCUT2D eigenvalue weighted by molar-refractivity contribution is 5.52. The van der Waals surface area contributed by atoms with Gasteiger partial charge in [0.2, 0.25) is 11.7 Å². The van der Waals surface area contributed by atoms with Gasteiger partial charge in [-0.15, -0.1) is 5.10 Å². The van der Waals surface area contributed by atoms with Crippen LogP contribution in [-0.2, 0) is 6.54 Å². The molecule has 23 heavy (non-hydrogen) atoms. The maximum atomic E-state index is 5.55. The topological polar surface area (TPSA) is 94.0 Å². The van der Waals surface area contributed by atoms with Crippen LogP contribution >= 0.6 is 0 Å². The smallest absolute Gasteiger partial charge is 0.243 e. The van der Waals surface area contributed by atoms with E-state index in [1.54, 1.807) is 12.4 Å². The average Bonchev–Trinajstić information content (AvgIpc) is 3.19. The van der Waals surface area contributed by atoms with Gasteiger partial charge in [0.05, 0.1) is 18.4 Å². The summed E-state index contributed by atoms with van der Waals surface area (Å²) in [5.74, 6) is 2.56. The van der Waals surface area contributed by atoms with Crippen molar-refractivity contribution in [3.63, 3.8) is 0 Å². The number of hydrogen-bond donors (Lipinski definition) is 1. The zero-order valence-electron chi connectivity index (χ0n) is 12.3. The molecule has 0 aromatic carbocycles. The van der Waals surface area contributed by atoms with Gasteiger partial charge in [0, 0.05) is 18.6 Å². The Hall–Kier alpha value is -3.29. The first-order chi connectivity index (χ1) is 11.3. The fraction of sp³-hybridized carbons (Fsp3) is 0.133. The minimum atomic E-state index is 0.418. The molecule has 0 saturated heterocycles. The van der Waals surface area contributed by atoms with Crippen LogP contribution in [0.2, 0.25) is 0 Å². The summed E-state index contributed by atoms with van der Waals surface area (Å²) in [6.45, 7) is 2.36. The lowest BCUT2D eigenvalue weighted by Gasteiger charge is -2.02. The first kappa shape index (κ1) is 13.4. The predicted molar refractivity (Wildman–Crippen MR) is 82.6 cm³/mol.